The van der Waals surface area contributed by atoms with Gasteiger partial charge >= 0.3 is 0 Å². The van der Waals surface area contributed by atoms with Crippen LogP contribution in [0, 0.1) is 0 Å². The standard InChI is InChI=1S/C22H25N3O3/c1-3-23-21-17-5-4-6-19(17)24-14-18(21)16-8-7-15(13-20(16)27-2)22(26)25-9-11-28-12-10-25/h4-5,7-8,13-14H,3,6,9-12H2,1-2H3,(H,23,24). The molecule has 1 N–H and O–H groups in total. The summed E-state index contributed by atoms with van der Waals surface area (Å²) >= 11 is 0. The molecular formula is C22H25N3O3. The fourth-order valence-corrected chi connectivity index (χ4v) is 3.76. The third kappa shape index (κ3) is 3.36. The van der Waals surface area contributed by atoms with Crippen LogP contribution in [0.4, 0.5) is 5.69 Å². The molecule has 28 heavy (non-hydrogen) atoms. The molecule has 2 aromatic rings. The molecule has 1 fully saturated rings. The number of morpholine rings is 1. The first-order chi connectivity index (χ1) is 13.7. The minimum absolute atomic E-state index is 0.00932. The summed E-state index contributed by atoms with van der Waals surface area (Å²) in [4.78, 5) is 19.3. The van der Waals surface area contributed by atoms with Gasteiger partial charge in [0.2, 0.25) is 0 Å². The molecule has 1 saturated heterocycles. The second-order valence-corrected chi connectivity index (χ2v) is 6.86. The molecule has 1 aromatic carbocycles. The number of pyridine rings is 1. The average Bonchev–Trinajstić information content (AvgIpc) is 3.23. The van der Waals surface area contributed by atoms with Gasteiger partial charge in [-0.1, -0.05) is 12.2 Å². The zero-order valence-corrected chi connectivity index (χ0v) is 16.3. The Kier molecular flexibility index (Phi) is 5.30. The van der Waals surface area contributed by atoms with Gasteiger partial charge in [0.05, 0.1) is 31.7 Å². The Bertz CT molecular complexity index is 917. The van der Waals surface area contributed by atoms with E-state index in [1.807, 2.05) is 29.3 Å². The Morgan fingerprint density at radius 3 is 2.86 bits per heavy atom. The number of methoxy groups -OCH3 is 1. The molecular weight excluding hydrogens is 354 g/mol. The van der Waals surface area contributed by atoms with E-state index in [4.69, 9.17) is 9.47 Å². The van der Waals surface area contributed by atoms with Gasteiger partial charge in [0.15, 0.2) is 0 Å². The van der Waals surface area contributed by atoms with Crippen molar-refractivity contribution in [3.63, 3.8) is 0 Å². The molecule has 0 atom stereocenters. The highest BCUT2D eigenvalue weighted by Gasteiger charge is 2.22. The monoisotopic (exact) mass is 379 g/mol. The molecule has 0 unspecified atom stereocenters. The van der Waals surface area contributed by atoms with E-state index in [9.17, 15) is 4.79 Å². The predicted octanol–water partition coefficient (Wildman–Crippen LogP) is 3.23. The normalized spacial score (nSPS) is 15.4. The van der Waals surface area contributed by atoms with Crippen LogP contribution in [0.1, 0.15) is 28.5 Å². The van der Waals surface area contributed by atoms with Crippen LogP contribution >= 0.6 is 0 Å². The number of anilines is 1. The van der Waals surface area contributed by atoms with Crippen LogP contribution in [-0.2, 0) is 11.2 Å². The van der Waals surface area contributed by atoms with Gasteiger partial charge in [-0.15, -0.1) is 0 Å². The summed E-state index contributed by atoms with van der Waals surface area (Å²) in [5, 5.41) is 3.48. The Labute approximate surface area is 165 Å². The maximum atomic E-state index is 12.8. The summed E-state index contributed by atoms with van der Waals surface area (Å²) < 4.78 is 11.0. The van der Waals surface area contributed by atoms with Crippen molar-refractivity contribution in [1.82, 2.24) is 9.88 Å². The number of hydrogen-bond donors (Lipinski definition) is 1. The molecule has 2 aliphatic rings. The minimum Gasteiger partial charge on any atom is -0.496 e. The number of benzene rings is 1. The topological polar surface area (TPSA) is 63.7 Å². The lowest BCUT2D eigenvalue weighted by molar-refractivity contribution is 0.0302. The fraction of sp³-hybridized carbons (Fsp3) is 0.364. The van der Waals surface area contributed by atoms with Gasteiger partial charge in [0, 0.05) is 54.5 Å². The van der Waals surface area contributed by atoms with Gasteiger partial charge in [0.25, 0.3) is 5.91 Å². The Balaban J connectivity index is 1.73. The summed E-state index contributed by atoms with van der Waals surface area (Å²) in [5.41, 5.74) is 5.81. The van der Waals surface area contributed by atoms with Crippen molar-refractivity contribution in [2.75, 3.05) is 45.3 Å². The number of amides is 1. The molecule has 6 heteroatoms. The van der Waals surface area contributed by atoms with Crippen LogP contribution in [0.15, 0.2) is 30.5 Å². The zero-order valence-electron chi connectivity index (χ0n) is 16.3. The fourth-order valence-electron chi connectivity index (χ4n) is 3.76. The van der Waals surface area contributed by atoms with Crippen molar-refractivity contribution in [3.05, 3.63) is 47.3 Å². The molecule has 4 rings (SSSR count). The highest BCUT2D eigenvalue weighted by atomic mass is 16.5. The van der Waals surface area contributed by atoms with E-state index in [1.54, 1.807) is 7.11 Å². The lowest BCUT2D eigenvalue weighted by atomic mass is 9.99. The SMILES string of the molecule is CCNc1c(-c2ccc(C(=O)N3CCOCC3)cc2OC)cnc2c1C=CC2. The first kappa shape index (κ1) is 18.5. The second kappa shape index (κ2) is 8.02. The van der Waals surface area contributed by atoms with E-state index in [-0.39, 0.29) is 5.91 Å². The third-order valence-corrected chi connectivity index (χ3v) is 5.19. The van der Waals surface area contributed by atoms with Gasteiger partial charge in [0.1, 0.15) is 5.75 Å². The minimum atomic E-state index is 0.00932. The number of hydrogen-bond acceptors (Lipinski definition) is 5. The number of allylic oxidation sites excluding steroid dienone is 1. The summed E-state index contributed by atoms with van der Waals surface area (Å²) in [5.74, 6) is 0.678. The molecule has 0 spiro atoms. The van der Waals surface area contributed by atoms with E-state index < -0.39 is 0 Å². The van der Waals surface area contributed by atoms with Crippen molar-refractivity contribution in [1.29, 1.82) is 0 Å². The van der Waals surface area contributed by atoms with Gasteiger partial charge in [-0.05, 0) is 25.1 Å². The van der Waals surface area contributed by atoms with Crippen molar-refractivity contribution in [2.24, 2.45) is 0 Å². The number of carbonyl (C=O) groups is 1. The molecule has 1 aromatic heterocycles. The summed E-state index contributed by atoms with van der Waals surface area (Å²) in [6, 6.07) is 5.65. The summed E-state index contributed by atoms with van der Waals surface area (Å²) in [6.45, 7) is 5.30. The van der Waals surface area contributed by atoms with Crippen LogP contribution in [-0.4, -0.2) is 55.7 Å². The van der Waals surface area contributed by atoms with Crippen molar-refractivity contribution in [3.8, 4) is 16.9 Å². The molecule has 0 bridgehead atoms. The molecule has 0 radical (unpaired) electrons. The highest BCUT2D eigenvalue weighted by Crippen LogP contribution is 2.39. The van der Waals surface area contributed by atoms with Crippen LogP contribution in [0.3, 0.4) is 0 Å². The molecule has 1 aliphatic heterocycles. The molecule has 146 valence electrons. The van der Waals surface area contributed by atoms with Crippen LogP contribution in [0.2, 0.25) is 0 Å². The van der Waals surface area contributed by atoms with E-state index in [2.05, 4.69) is 29.4 Å². The van der Waals surface area contributed by atoms with Gasteiger partial charge in [-0.3, -0.25) is 9.78 Å². The number of rotatable bonds is 5. The van der Waals surface area contributed by atoms with Crippen LogP contribution < -0.4 is 10.1 Å². The van der Waals surface area contributed by atoms with Gasteiger partial charge < -0.3 is 19.7 Å². The molecule has 2 heterocycles. The second-order valence-electron chi connectivity index (χ2n) is 6.86. The van der Waals surface area contributed by atoms with Gasteiger partial charge in [-0.2, -0.15) is 0 Å². The number of aromatic nitrogens is 1. The summed E-state index contributed by atoms with van der Waals surface area (Å²) in [6.07, 6.45) is 7.00. The van der Waals surface area contributed by atoms with Crippen LogP contribution in [0.5, 0.6) is 5.75 Å². The first-order valence-electron chi connectivity index (χ1n) is 9.70. The molecule has 1 aliphatic carbocycles. The lowest BCUT2D eigenvalue weighted by Crippen LogP contribution is -2.40. The lowest BCUT2D eigenvalue weighted by Gasteiger charge is -2.27. The average molecular weight is 379 g/mol. The maximum Gasteiger partial charge on any atom is 0.254 e. The predicted molar refractivity (Wildman–Crippen MR) is 110 cm³/mol. The number of ether oxygens (including phenoxy) is 2. The van der Waals surface area contributed by atoms with E-state index in [0.29, 0.717) is 37.6 Å². The van der Waals surface area contributed by atoms with E-state index in [0.717, 1.165) is 41.0 Å². The molecule has 1 amide bonds. The number of fused-ring (bicyclic) bond motifs is 1. The first-order valence-corrected chi connectivity index (χ1v) is 9.70. The Morgan fingerprint density at radius 2 is 2.11 bits per heavy atom. The van der Waals surface area contributed by atoms with Crippen molar-refractivity contribution in [2.45, 2.75) is 13.3 Å². The summed E-state index contributed by atoms with van der Waals surface area (Å²) in [7, 11) is 1.63. The Morgan fingerprint density at radius 1 is 1.29 bits per heavy atom. The largest absolute Gasteiger partial charge is 0.496 e. The van der Waals surface area contributed by atoms with Crippen LogP contribution in [0.25, 0.3) is 17.2 Å². The number of nitrogens with zero attached hydrogens (tertiary/aromatic N) is 2. The third-order valence-electron chi connectivity index (χ3n) is 5.19. The molecule has 6 nitrogen and oxygen atoms in total. The van der Waals surface area contributed by atoms with Gasteiger partial charge in [-0.25, -0.2) is 0 Å². The maximum absolute atomic E-state index is 12.8. The van der Waals surface area contributed by atoms with E-state index >= 15 is 0 Å². The number of nitrogens with one attached hydrogen (secondary N) is 1. The van der Waals surface area contributed by atoms with E-state index in [1.165, 1.54) is 0 Å². The van der Waals surface area contributed by atoms with Crippen molar-refractivity contribution >= 4 is 17.7 Å². The van der Waals surface area contributed by atoms with Crippen molar-refractivity contribution < 1.29 is 14.3 Å². The Hall–Kier alpha value is -2.86. The number of carbonyl (C=O) groups excluding carboxylic acids is 1. The smallest absolute Gasteiger partial charge is 0.254 e. The highest BCUT2D eigenvalue weighted by molar-refractivity contribution is 5.96. The molecule has 0 saturated carbocycles. The quantitative estimate of drug-likeness (QED) is 0.864. The zero-order chi connectivity index (χ0) is 19.5.